The zero-order chi connectivity index (χ0) is 12.8. The van der Waals surface area contributed by atoms with E-state index >= 15 is 0 Å². The summed E-state index contributed by atoms with van der Waals surface area (Å²) in [4.78, 5) is 0. The molecule has 0 aliphatic heterocycles. The van der Waals surface area contributed by atoms with Crippen LogP contribution in [0, 0.1) is 6.92 Å². The van der Waals surface area contributed by atoms with E-state index < -0.39 is 0 Å². The van der Waals surface area contributed by atoms with Gasteiger partial charge < -0.3 is 0 Å². The van der Waals surface area contributed by atoms with Gasteiger partial charge in [0, 0.05) is 0 Å². The van der Waals surface area contributed by atoms with Crippen molar-refractivity contribution in [1.29, 1.82) is 0 Å². The standard InChI is InChI=1S/C19H14/c1-13-10-16-8-4-5-9-17(16)19-12-15-7-3-2-6-14(15)11-18(13)19/h2-12H,1H3. The molecule has 0 aliphatic rings. The molecular weight excluding hydrogens is 228 g/mol. The molecule has 4 aromatic rings. The van der Waals surface area contributed by atoms with Crippen LogP contribution in [0.3, 0.4) is 0 Å². The Labute approximate surface area is 112 Å². The molecule has 0 unspecified atom stereocenters. The van der Waals surface area contributed by atoms with Crippen LogP contribution >= 0.6 is 0 Å². The maximum absolute atomic E-state index is 2.32. The van der Waals surface area contributed by atoms with Gasteiger partial charge in [0.1, 0.15) is 0 Å². The van der Waals surface area contributed by atoms with Crippen LogP contribution in [0.4, 0.5) is 0 Å². The van der Waals surface area contributed by atoms with Crippen molar-refractivity contribution >= 4 is 32.3 Å². The van der Waals surface area contributed by atoms with E-state index in [1.54, 1.807) is 0 Å². The summed E-state index contributed by atoms with van der Waals surface area (Å²) in [5, 5.41) is 8.00. The smallest absolute Gasteiger partial charge is 0.00964 e. The second-order valence-corrected chi connectivity index (χ2v) is 5.16. The van der Waals surface area contributed by atoms with Gasteiger partial charge in [0.2, 0.25) is 0 Å². The number of benzene rings is 4. The molecule has 0 nitrogen and oxygen atoms in total. The molecule has 0 N–H and O–H groups in total. The summed E-state index contributed by atoms with van der Waals surface area (Å²) >= 11 is 0. The number of hydrogen-bond donors (Lipinski definition) is 0. The van der Waals surface area contributed by atoms with E-state index in [2.05, 4.69) is 73.7 Å². The lowest BCUT2D eigenvalue weighted by Crippen LogP contribution is -1.83. The molecule has 0 spiro atoms. The minimum Gasteiger partial charge on any atom is -0.0616 e. The van der Waals surface area contributed by atoms with E-state index in [4.69, 9.17) is 0 Å². The molecule has 0 heteroatoms. The molecule has 0 atom stereocenters. The van der Waals surface area contributed by atoms with Crippen LogP contribution in [0.25, 0.3) is 32.3 Å². The maximum Gasteiger partial charge on any atom is -0.00964 e. The van der Waals surface area contributed by atoms with Crippen molar-refractivity contribution in [3.8, 4) is 0 Å². The molecule has 0 bridgehead atoms. The number of fused-ring (bicyclic) bond motifs is 4. The quantitative estimate of drug-likeness (QED) is 0.284. The van der Waals surface area contributed by atoms with Gasteiger partial charge in [0.15, 0.2) is 0 Å². The molecule has 0 fully saturated rings. The van der Waals surface area contributed by atoms with Gasteiger partial charge in [-0.25, -0.2) is 0 Å². The SMILES string of the molecule is Cc1cc2ccccc2c2cc3ccccc3cc12. The Hall–Kier alpha value is -2.34. The van der Waals surface area contributed by atoms with Crippen LogP contribution in [-0.4, -0.2) is 0 Å². The fourth-order valence-corrected chi connectivity index (χ4v) is 2.97. The lowest BCUT2D eigenvalue weighted by atomic mass is 9.95. The minimum absolute atomic E-state index is 1.31. The first-order chi connectivity index (χ1) is 9.33. The van der Waals surface area contributed by atoms with Gasteiger partial charge in [-0.3, -0.25) is 0 Å². The predicted octanol–water partition coefficient (Wildman–Crippen LogP) is 5.45. The fourth-order valence-electron chi connectivity index (χ4n) is 2.97. The molecule has 0 saturated heterocycles. The van der Waals surface area contributed by atoms with Crippen LogP contribution in [0.15, 0.2) is 66.7 Å². The third-order valence-corrected chi connectivity index (χ3v) is 3.93. The van der Waals surface area contributed by atoms with Gasteiger partial charge in [-0.2, -0.15) is 0 Å². The number of hydrogen-bond acceptors (Lipinski definition) is 0. The van der Waals surface area contributed by atoms with E-state index in [1.165, 1.54) is 37.9 Å². The van der Waals surface area contributed by atoms with Gasteiger partial charge >= 0.3 is 0 Å². The summed E-state index contributed by atoms with van der Waals surface area (Å²) in [7, 11) is 0. The van der Waals surface area contributed by atoms with E-state index in [0.29, 0.717) is 0 Å². The van der Waals surface area contributed by atoms with Crippen molar-refractivity contribution in [2.45, 2.75) is 6.92 Å². The van der Waals surface area contributed by atoms with Crippen LogP contribution < -0.4 is 0 Å². The lowest BCUT2D eigenvalue weighted by molar-refractivity contribution is 1.56. The van der Waals surface area contributed by atoms with Crippen LogP contribution in [0.2, 0.25) is 0 Å². The Balaban J connectivity index is 2.30. The normalized spacial score (nSPS) is 11.4. The molecule has 90 valence electrons. The number of rotatable bonds is 0. The Kier molecular flexibility index (Phi) is 2.13. The Morgan fingerprint density at radius 1 is 0.526 bits per heavy atom. The first kappa shape index (κ1) is 10.6. The van der Waals surface area contributed by atoms with Crippen LogP contribution in [0.1, 0.15) is 5.56 Å². The Bertz CT molecular complexity index is 917. The summed E-state index contributed by atoms with van der Waals surface area (Å²) in [5.74, 6) is 0. The molecule has 0 amide bonds. The highest BCUT2D eigenvalue weighted by molar-refractivity contribution is 6.13. The molecule has 0 aromatic heterocycles. The van der Waals surface area contributed by atoms with Crippen molar-refractivity contribution in [3.63, 3.8) is 0 Å². The molecule has 19 heavy (non-hydrogen) atoms. The monoisotopic (exact) mass is 242 g/mol. The summed E-state index contributed by atoms with van der Waals surface area (Å²) in [6, 6.07) is 24.1. The second-order valence-electron chi connectivity index (χ2n) is 5.16. The summed E-state index contributed by atoms with van der Waals surface area (Å²) in [6.45, 7) is 2.20. The molecule has 0 saturated carbocycles. The van der Waals surface area contributed by atoms with Crippen molar-refractivity contribution in [2.75, 3.05) is 0 Å². The van der Waals surface area contributed by atoms with E-state index in [1.807, 2.05) is 0 Å². The molecule has 4 rings (SSSR count). The second kappa shape index (κ2) is 3.83. The van der Waals surface area contributed by atoms with E-state index in [0.717, 1.165) is 0 Å². The Morgan fingerprint density at radius 3 is 1.84 bits per heavy atom. The van der Waals surface area contributed by atoms with Gasteiger partial charge in [-0.15, -0.1) is 0 Å². The van der Waals surface area contributed by atoms with Crippen molar-refractivity contribution in [1.82, 2.24) is 0 Å². The van der Waals surface area contributed by atoms with Gasteiger partial charge in [-0.05, 0) is 56.9 Å². The average molecular weight is 242 g/mol. The highest BCUT2D eigenvalue weighted by atomic mass is 14.1. The third kappa shape index (κ3) is 1.53. The topological polar surface area (TPSA) is 0 Å². The third-order valence-electron chi connectivity index (χ3n) is 3.93. The van der Waals surface area contributed by atoms with Crippen molar-refractivity contribution in [3.05, 3.63) is 72.3 Å². The van der Waals surface area contributed by atoms with Crippen LogP contribution in [-0.2, 0) is 0 Å². The molecule has 0 heterocycles. The highest BCUT2D eigenvalue weighted by Gasteiger charge is 2.05. The zero-order valence-electron chi connectivity index (χ0n) is 10.9. The maximum atomic E-state index is 2.32. The van der Waals surface area contributed by atoms with Gasteiger partial charge in [0.25, 0.3) is 0 Å². The molecule has 0 radical (unpaired) electrons. The highest BCUT2D eigenvalue weighted by Crippen LogP contribution is 2.31. The van der Waals surface area contributed by atoms with Gasteiger partial charge in [0.05, 0.1) is 0 Å². The molecular formula is C19H14. The molecule has 4 aromatic carbocycles. The molecule has 0 aliphatic carbocycles. The summed E-state index contributed by atoms with van der Waals surface area (Å²) in [5.41, 5.74) is 1.35. The first-order valence-corrected chi connectivity index (χ1v) is 6.64. The largest absolute Gasteiger partial charge is 0.0616 e. The number of aryl methyl sites for hydroxylation is 1. The van der Waals surface area contributed by atoms with Crippen molar-refractivity contribution in [2.24, 2.45) is 0 Å². The first-order valence-electron chi connectivity index (χ1n) is 6.64. The predicted molar refractivity (Wildman–Crippen MR) is 83.7 cm³/mol. The van der Waals surface area contributed by atoms with E-state index in [9.17, 15) is 0 Å². The summed E-state index contributed by atoms with van der Waals surface area (Å²) < 4.78 is 0. The van der Waals surface area contributed by atoms with E-state index in [-0.39, 0.29) is 0 Å². The fraction of sp³-hybridized carbons (Fsp3) is 0.0526. The average Bonchev–Trinajstić information content (AvgIpc) is 2.46. The van der Waals surface area contributed by atoms with Crippen LogP contribution in [0.5, 0.6) is 0 Å². The minimum atomic E-state index is 1.31. The lowest BCUT2D eigenvalue weighted by Gasteiger charge is -2.09. The summed E-state index contributed by atoms with van der Waals surface area (Å²) in [6.07, 6.45) is 0. The van der Waals surface area contributed by atoms with Gasteiger partial charge in [-0.1, -0.05) is 54.6 Å². The Morgan fingerprint density at radius 2 is 1.11 bits per heavy atom. The zero-order valence-corrected chi connectivity index (χ0v) is 10.9. The van der Waals surface area contributed by atoms with Crippen molar-refractivity contribution < 1.29 is 0 Å².